The first-order valence-electron chi connectivity index (χ1n) is 5.96. The molecule has 1 unspecified atom stereocenters. The standard InChI is InChI=1S/C12H19BrN2S2/c1-15(7-10-6-12(13)17-8-10)4-2-11-9-16-5-3-14-11/h6,8,11,14H,2-5,7,9H2,1H3. The molecule has 0 radical (unpaired) electrons. The van der Waals surface area contributed by atoms with Crippen LogP contribution in [0.15, 0.2) is 15.2 Å². The molecule has 1 aromatic rings. The Morgan fingerprint density at radius 2 is 2.47 bits per heavy atom. The van der Waals surface area contributed by atoms with E-state index in [1.165, 1.54) is 40.4 Å². The summed E-state index contributed by atoms with van der Waals surface area (Å²) >= 11 is 7.35. The summed E-state index contributed by atoms with van der Waals surface area (Å²) in [4.78, 5) is 2.41. The maximum absolute atomic E-state index is 3.59. The summed E-state index contributed by atoms with van der Waals surface area (Å²) in [5.74, 6) is 2.55. The van der Waals surface area contributed by atoms with Crippen molar-refractivity contribution in [2.45, 2.75) is 19.0 Å². The third-order valence-electron chi connectivity index (χ3n) is 2.93. The molecule has 0 bridgehead atoms. The van der Waals surface area contributed by atoms with Gasteiger partial charge in [-0.05, 0) is 53.0 Å². The molecule has 0 spiro atoms. The first kappa shape index (κ1) is 13.9. The van der Waals surface area contributed by atoms with Crippen LogP contribution in [-0.2, 0) is 6.54 Å². The zero-order valence-corrected chi connectivity index (χ0v) is 13.3. The van der Waals surface area contributed by atoms with Gasteiger partial charge in [0.1, 0.15) is 0 Å². The molecule has 96 valence electrons. The van der Waals surface area contributed by atoms with Crippen LogP contribution in [0.1, 0.15) is 12.0 Å². The Labute approximate surface area is 120 Å². The zero-order valence-electron chi connectivity index (χ0n) is 10.1. The fourth-order valence-corrected chi connectivity index (χ4v) is 4.20. The predicted molar refractivity (Wildman–Crippen MR) is 82.1 cm³/mol. The van der Waals surface area contributed by atoms with E-state index in [9.17, 15) is 0 Å². The van der Waals surface area contributed by atoms with E-state index in [4.69, 9.17) is 0 Å². The largest absolute Gasteiger partial charge is 0.312 e. The Balaban J connectivity index is 1.68. The number of hydrogen-bond acceptors (Lipinski definition) is 4. The zero-order chi connectivity index (χ0) is 12.1. The van der Waals surface area contributed by atoms with E-state index < -0.39 is 0 Å². The van der Waals surface area contributed by atoms with E-state index in [1.807, 2.05) is 0 Å². The topological polar surface area (TPSA) is 15.3 Å². The Kier molecular flexibility index (Phi) is 5.83. The number of rotatable bonds is 5. The van der Waals surface area contributed by atoms with Crippen molar-refractivity contribution < 1.29 is 0 Å². The molecular weight excluding hydrogens is 316 g/mol. The van der Waals surface area contributed by atoms with Crippen LogP contribution in [-0.4, -0.2) is 42.6 Å². The van der Waals surface area contributed by atoms with Crippen molar-refractivity contribution in [2.24, 2.45) is 0 Å². The Hall–Kier alpha value is 0.450. The number of thiophene rings is 1. The summed E-state index contributed by atoms with van der Waals surface area (Å²) in [7, 11) is 2.21. The van der Waals surface area contributed by atoms with Gasteiger partial charge in [-0.25, -0.2) is 0 Å². The van der Waals surface area contributed by atoms with E-state index in [2.05, 4.69) is 56.4 Å². The van der Waals surface area contributed by atoms with Gasteiger partial charge in [0.2, 0.25) is 0 Å². The highest BCUT2D eigenvalue weighted by molar-refractivity contribution is 9.11. The average Bonchev–Trinajstić information content (AvgIpc) is 2.73. The third kappa shape index (κ3) is 4.91. The molecule has 1 fully saturated rings. The highest BCUT2D eigenvalue weighted by Crippen LogP contribution is 2.21. The second-order valence-electron chi connectivity index (χ2n) is 4.51. The van der Waals surface area contributed by atoms with Crippen molar-refractivity contribution in [3.63, 3.8) is 0 Å². The van der Waals surface area contributed by atoms with Gasteiger partial charge >= 0.3 is 0 Å². The minimum Gasteiger partial charge on any atom is -0.312 e. The summed E-state index contributed by atoms with van der Waals surface area (Å²) in [5, 5.41) is 5.82. The van der Waals surface area contributed by atoms with Gasteiger partial charge in [0.05, 0.1) is 3.79 Å². The number of thioether (sulfide) groups is 1. The van der Waals surface area contributed by atoms with Crippen LogP contribution in [0.25, 0.3) is 0 Å². The van der Waals surface area contributed by atoms with Crippen LogP contribution >= 0.6 is 39.0 Å². The molecule has 1 saturated heterocycles. The second kappa shape index (κ2) is 7.14. The summed E-state index contributed by atoms with van der Waals surface area (Å²) in [5.41, 5.74) is 1.41. The SMILES string of the molecule is CN(CCC1CSCCN1)Cc1csc(Br)c1. The Morgan fingerprint density at radius 1 is 1.59 bits per heavy atom. The quantitative estimate of drug-likeness (QED) is 0.890. The Morgan fingerprint density at radius 3 is 3.12 bits per heavy atom. The smallest absolute Gasteiger partial charge is 0.0701 e. The molecule has 0 amide bonds. The maximum Gasteiger partial charge on any atom is 0.0701 e. The van der Waals surface area contributed by atoms with Crippen molar-refractivity contribution in [3.8, 4) is 0 Å². The molecular formula is C12H19BrN2S2. The molecule has 1 atom stereocenters. The minimum atomic E-state index is 0.713. The van der Waals surface area contributed by atoms with Crippen molar-refractivity contribution in [1.82, 2.24) is 10.2 Å². The first-order valence-corrected chi connectivity index (χ1v) is 8.79. The Bertz CT molecular complexity index is 337. The molecule has 1 N–H and O–H groups in total. The van der Waals surface area contributed by atoms with E-state index in [1.54, 1.807) is 11.3 Å². The third-order valence-corrected chi connectivity index (χ3v) is 5.62. The number of nitrogens with one attached hydrogen (secondary N) is 1. The average molecular weight is 335 g/mol. The first-order chi connectivity index (χ1) is 8.24. The van der Waals surface area contributed by atoms with Gasteiger partial charge in [0, 0.05) is 30.6 Å². The molecule has 1 aromatic heterocycles. The molecule has 2 nitrogen and oxygen atoms in total. The van der Waals surface area contributed by atoms with Gasteiger partial charge in [-0.1, -0.05) is 0 Å². The number of halogens is 1. The van der Waals surface area contributed by atoms with Crippen LogP contribution in [0.2, 0.25) is 0 Å². The molecule has 17 heavy (non-hydrogen) atoms. The monoisotopic (exact) mass is 334 g/mol. The minimum absolute atomic E-state index is 0.713. The van der Waals surface area contributed by atoms with Gasteiger partial charge in [-0.2, -0.15) is 11.8 Å². The number of nitrogens with zero attached hydrogens (tertiary/aromatic N) is 1. The van der Waals surface area contributed by atoms with E-state index >= 15 is 0 Å². The van der Waals surface area contributed by atoms with Gasteiger partial charge < -0.3 is 10.2 Å². The highest BCUT2D eigenvalue weighted by atomic mass is 79.9. The van der Waals surface area contributed by atoms with E-state index in [0.717, 1.165) is 6.54 Å². The highest BCUT2D eigenvalue weighted by Gasteiger charge is 2.13. The molecule has 2 rings (SSSR count). The normalized spacial score (nSPS) is 21.0. The van der Waals surface area contributed by atoms with Crippen LogP contribution < -0.4 is 5.32 Å². The van der Waals surface area contributed by atoms with Crippen molar-refractivity contribution in [1.29, 1.82) is 0 Å². The second-order valence-corrected chi connectivity index (χ2v) is 7.95. The molecule has 1 aliphatic heterocycles. The lowest BCUT2D eigenvalue weighted by atomic mass is 10.2. The fraction of sp³-hybridized carbons (Fsp3) is 0.667. The maximum atomic E-state index is 3.59. The summed E-state index contributed by atoms with van der Waals surface area (Å²) < 4.78 is 1.23. The van der Waals surface area contributed by atoms with Crippen LogP contribution in [0.5, 0.6) is 0 Å². The lowest BCUT2D eigenvalue weighted by Gasteiger charge is -2.25. The van der Waals surface area contributed by atoms with Gasteiger partial charge in [-0.3, -0.25) is 0 Å². The van der Waals surface area contributed by atoms with Gasteiger partial charge in [0.15, 0.2) is 0 Å². The lowest BCUT2D eigenvalue weighted by molar-refractivity contribution is 0.305. The van der Waals surface area contributed by atoms with Crippen molar-refractivity contribution in [3.05, 3.63) is 20.8 Å². The summed E-state index contributed by atoms with van der Waals surface area (Å²) in [6.45, 7) is 3.41. The van der Waals surface area contributed by atoms with Crippen molar-refractivity contribution >= 4 is 39.0 Å². The predicted octanol–water partition coefficient (Wildman–Crippen LogP) is 3.04. The molecule has 0 aliphatic carbocycles. The molecule has 5 heteroatoms. The number of hydrogen-bond donors (Lipinski definition) is 1. The summed E-state index contributed by atoms with van der Waals surface area (Å²) in [6.07, 6.45) is 1.26. The van der Waals surface area contributed by atoms with Crippen LogP contribution in [0, 0.1) is 0 Å². The van der Waals surface area contributed by atoms with Crippen LogP contribution in [0.3, 0.4) is 0 Å². The van der Waals surface area contributed by atoms with E-state index in [-0.39, 0.29) is 0 Å². The van der Waals surface area contributed by atoms with Crippen LogP contribution in [0.4, 0.5) is 0 Å². The molecule has 1 aliphatic rings. The summed E-state index contributed by atoms with van der Waals surface area (Å²) in [6, 6.07) is 2.93. The van der Waals surface area contributed by atoms with Gasteiger partial charge in [0.25, 0.3) is 0 Å². The van der Waals surface area contributed by atoms with Gasteiger partial charge in [-0.15, -0.1) is 11.3 Å². The fourth-order valence-electron chi connectivity index (χ4n) is 2.00. The van der Waals surface area contributed by atoms with Crippen molar-refractivity contribution in [2.75, 3.05) is 31.6 Å². The molecule has 0 saturated carbocycles. The lowest BCUT2D eigenvalue weighted by Crippen LogP contribution is -2.39. The molecule has 0 aromatic carbocycles. The molecule has 2 heterocycles. The van der Waals surface area contributed by atoms with E-state index in [0.29, 0.717) is 6.04 Å².